The fourth-order valence-corrected chi connectivity index (χ4v) is 1.90. The lowest BCUT2D eigenvalue weighted by Crippen LogP contribution is -2.30. The molecule has 0 fully saturated rings. The van der Waals surface area contributed by atoms with Gasteiger partial charge in [0.2, 0.25) is 0 Å². The molecule has 2 aromatic rings. The van der Waals surface area contributed by atoms with E-state index < -0.39 is 16.9 Å². The van der Waals surface area contributed by atoms with Crippen LogP contribution in [0, 0.1) is 0 Å². The third-order valence-electron chi connectivity index (χ3n) is 2.87. The molecule has 0 aliphatic rings. The van der Waals surface area contributed by atoms with E-state index in [0.29, 0.717) is 0 Å². The number of rotatable bonds is 3. The molecule has 0 aliphatic carbocycles. The predicted molar refractivity (Wildman–Crippen MR) is 77.1 cm³/mol. The number of ether oxygens (including phenoxy) is 1. The number of hydrogen-bond acceptors (Lipinski definition) is 6. The smallest absolute Gasteiger partial charge is 0.344 e. The Morgan fingerprint density at radius 3 is 2.68 bits per heavy atom. The van der Waals surface area contributed by atoms with Crippen LogP contribution in [0.3, 0.4) is 0 Å². The van der Waals surface area contributed by atoms with E-state index in [9.17, 15) is 9.59 Å². The average Bonchev–Trinajstić information content (AvgIpc) is 2.77. The Kier molecular flexibility index (Phi) is 3.87. The molecule has 0 saturated carbocycles. The van der Waals surface area contributed by atoms with Crippen LogP contribution in [0.2, 0.25) is 0 Å². The van der Waals surface area contributed by atoms with Crippen molar-refractivity contribution in [3.8, 4) is 0 Å². The van der Waals surface area contributed by atoms with Crippen molar-refractivity contribution in [2.24, 2.45) is 5.11 Å². The molecule has 116 valence electrons. The summed E-state index contributed by atoms with van der Waals surface area (Å²) in [4.78, 5) is 27.1. The number of carbonyl (C=O) groups is 1. The Labute approximate surface area is 124 Å². The van der Waals surface area contributed by atoms with Crippen molar-refractivity contribution in [1.29, 1.82) is 0 Å². The number of fused-ring (bicyclic) bond motifs is 1. The first kappa shape index (κ1) is 15.5. The molecular formula is C12H15N7O3. The van der Waals surface area contributed by atoms with Gasteiger partial charge < -0.3 is 4.74 Å². The van der Waals surface area contributed by atoms with E-state index in [2.05, 4.69) is 25.3 Å². The third-order valence-corrected chi connectivity index (χ3v) is 2.87. The van der Waals surface area contributed by atoms with Crippen molar-refractivity contribution >= 4 is 17.4 Å². The van der Waals surface area contributed by atoms with Gasteiger partial charge in [0.1, 0.15) is 17.1 Å². The average molecular weight is 305 g/mol. The Morgan fingerprint density at radius 2 is 2.14 bits per heavy atom. The second-order valence-electron chi connectivity index (χ2n) is 5.51. The van der Waals surface area contributed by atoms with Gasteiger partial charge in [-0.3, -0.25) is 9.89 Å². The van der Waals surface area contributed by atoms with Crippen molar-refractivity contribution < 1.29 is 9.53 Å². The molecular weight excluding hydrogens is 290 g/mol. The molecule has 0 spiro atoms. The van der Waals surface area contributed by atoms with Gasteiger partial charge in [0.25, 0.3) is 5.56 Å². The standard InChI is InChI=1S/C12H15N7O3/c1-5-22-11(21)6-8(15-18-13)17-19-9(6)16-14-7(10(19)20)12(2,3)4/h17H,5H2,1-4H3. The summed E-state index contributed by atoms with van der Waals surface area (Å²) in [5.41, 5.74) is 7.65. The number of aromatic nitrogens is 4. The fraction of sp³-hybridized carbons (Fsp3) is 0.500. The normalized spacial score (nSPS) is 11.3. The zero-order valence-electron chi connectivity index (χ0n) is 12.6. The lowest BCUT2D eigenvalue weighted by atomic mass is 9.93. The Balaban J connectivity index is 2.82. The summed E-state index contributed by atoms with van der Waals surface area (Å²) in [6.45, 7) is 7.20. The maximum atomic E-state index is 12.5. The first-order valence-corrected chi connectivity index (χ1v) is 6.55. The summed E-state index contributed by atoms with van der Waals surface area (Å²) < 4.78 is 5.92. The number of H-pyrrole nitrogens is 1. The van der Waals surface area contributed by atoms with Crippen LogP contribution >= 0.6 is 0 Å². The van der Waals surface area contributed by atoms with E-state index in [1.165, 1.54) is 0 Å². The van der Waals surface area contributed by atoms with Gasteiger partial charge in [-0.15, -0.1) is 10.2 Å². The Bertz CT molecular complexity index is 837. The number of nitrogens with zero attached hydrogens (tertiary/aromatic N) is 6. The number of hydrogen-bond donors (Lipinski definition) is 1. The van der Waals surface area contributed by atoms with Crippen LogP contribution in [0.4, 0.5) is 5.82 Å². The number of carbonyl (C=O) groups excluding carboxylic acids is 1. The molecule has 10 nitrogen and oxygen atoms in total. The summed E-state index contributed by atoms with van der Waals surface area (Å²) in [5, 5.41) is 13.8. The van der Waals surface area contributed by atoms with E-state index in [1.54, 1.807) is 6.92 Å². The molecule has 0 unspecified atom stereocenters. The molecule has 10 heteroatoms. The van der Waals surface area contributed by atoms with E-state index in [0.717, 1.165) is 4.52 Å². The molecule has 0 aromatic carbocycles. The molecule has 1 N–H and O–H groups in total. The zero-order valence-corrected chi connectivity index (χ0v) is 12.6. The SMILES string of the molecule is CCOC(=O)c1c(N=[N+]=[N-])[nH]n2c(=O)c(C(C)(C)C)nnc12. The molecule has 0 amide bonds. The predicted octanol–water partition coefficient (Wildman–Crippen LogP) is 1.83. The number of esters is 1. The van der Waals surface area contributed by atoms with Crippen LogP contribution in [0.15, 0.2) is 9.91 Å². The van der Waals surface area contributed by atoms with Gasteiger partial charge in [-0.1, -0.05) is 20.8 Å². The zero-order chi connectivity index (χ0) is 16.5. The highest BCUT2D eigenvalue weighted by Gasteiger charge is 2.26. The van der Waals surface area contributed by atoms with Gasteiger partial charge in [0, 0.05) is 10.3 Å². The second kappa shape index (κ2) is 5.49. The van der Waals surface area contributed by atoms with Gasteiger partial charge >= 0.3 is 5.97 Å². The summed E-state index contributed by atoms with van der Waals surface area (Å²) in [6.07, 6.45) is 0. The lowest BCUT2D eigenvalue weighted by Gasteiger charge is -2.15. The topological polar surface area (TPSA) is 138 Å². The van der Waals surface area contributed by atoms with Crippen LogP contribution in [0.25, 0.3) is 16.1 Å². The maximum absolute atomic E-state index is 12.5. The first-order chi connectivity index (χ1) is 10.3. The van der Waals surface area contributed by atoms with E-state index in [1.807, 2.05) is 20.8 Å². The number of nitrogens with one attached hydrogen (secondary N) is 1. The molecule has 0 atom stereocenters. The molecule has 2 rings (SSSR count). The Hall–Kier alpha value is -2.87. The number of azide groups is 1. The largest absolute Gasteiger partial charge is 0.462 e. The van der Waals surface area contributed by atoms with Gasteiger partial charge in [-0.2, -0.15) is 4.52 Å². The van der Waals surface area contributed by atoms with Crippen LogP contribution in [0.1, 0.15) is 43.7 Å². The highest BCUT2D eigenvalue weighted by molar-refractivity contribution is 6.00. The quantitative estimate of drug-likeness (QED) is 0.399. The molecule has 0 saturated heterocycles. The lowest BCUT2D eigenvalue weighted by molar-refractivity contribution is 0.0529. The first-order valence-electron chi connectivity index (χ1n) is 6.55. The molecule has 0 aliphatic heterocycles. The van der Waals surface area contributed by atoms with E-state index in [-0.39, 0.29) is 29.3 Å². The highest BCUT2D eigenvalue weighted by Crippen LogP contribution is 2.23. The van der Waals surface area contributed by atoms with Crippen molar-refractivity contribution in [3.63, 3.8) is 0 Å². The van der Waals surface area contributed by atoms with Crippen molar-refractivity contribution in [3.05, 3.63) is 32.1 Å². The minimum absolute atomic E-state index is 0.0427. The van der Waals surface area contributed by atoms with Crippen molar-refractivity contribution in [2.45, 2.75) is 33.1 Å². The van der Waals surface area contributed by atoms with Crippen LogP contribution in [-0.2, 0) is 10.2 Å². The summed E-state index contributed by atoms with van der Waals surface area (Å²) in [7, 11) is 0. The minimum atomic E-state index is -0.749. The third kappa shape index (κ3) is 2.51. The summed E-state index contributed by atoms with van der Waals surface area (Å²) >= 11 is 0. The molecule has 0 bridgehead atoms. The monoisotopic (exact) mass is 305 g/mol. The van der Waals surface area contributed by atoms with Gasteiger partial charge in [0.05, 0.1) is 6.61 Å². The van der Waals surface area contributed by atoms with Crippen LogP contribution in [-0.4, -0.2) is 32.4 Å². The van der Waals surface area contributed by atoms with Crippen LogP contribution < -0.4 is 5.56 Å². The molecule has 2 heterocycles. The van der Waals surface area contributed by atoms with E-state index in [4.69, 9.17) is 10.3 Å². The Morgan fingerprint density at radius 1 is 1.45 bits per heavy atom. The van der Waals surface area contributed by atoms with Gasteiger partial charge in [0.15, 0.2) is 5.65 Å². The second-order valence-corrected chi connectivity index (χ2v) is 5.51. The number of aromatic amines is 1. The van der Waals surface area contributed by atoms with E-state index >= 15 is 0 Å². The molecule has 22 heavy (non-hydrogen) atoms. The molecule has 2 aromatic heterocycles. The summed E-state index contributed by atoms with van der Waals surface area (Å²) in [5.74, 6) is -0.890. The van der Waals surface area contributed by atoms with Gasteiger partial charge in [-0.25, -0.2) is 4.79 Å². The summed E-state index contributed by atoms with van der Waals surface area (Å²) in [6, 6.07) is 0. The maximum Gasteiger partial charge on any atom is 0.344 e. The van der Waals surface area contributed by atoms with Crippen molar-refractivity contribution in [1.82, 2.24) is 19.8 Å². The fourth-order valence-electron chi connectivity index (χ4n) is 1.90. The van der Waals surface area contributed by atoms with Crippen LogP contribution in [0.5, 0.6) is 0 Å². The van der Waals surface area contributed by atoms with Gasteiger partial charge in [-0.05, 0) is 17.6 Å². The molecule has 0 radical (unpaired) electrons. The minimum Gasteiger partial charge on any atom is -0.462 e. The highest BCUT2D eigenvalue weighted by atomic mass is 16.5. The van der Waals surface area contributed by atoms with Crippen molar-refractivity contribution in [2.75, 3.05) is 6.61 Å².